The first-order valence-electron chi connectivity index (χ1n) is 6.17. The average molecular weight is 285 g/mol. The van der Waals surface area contributed by atoms with Crippen LogP contribution in [0.3, 0.4) is 0 Å². The summed E-state index contributed by atoms with van der Waals surface area (Å²) in [5.74, 6) is -0.899. The van der Waals surface area contributed by atoms with Gasteiger partial charge in [-0.15, -0.1) is 0 Å². The minimum atomic E-state index is -4.51. The van der Waals surface area contributed by atoms with Crippen molar-refractivity contribution in [1.82, 2.24) is 0 Å². The zero-order chi connectivity index (χ0) is 15.3. The highest BCUT2D eigenvalue weighted by atomic mass is 19.4. The smallest absolute Gasteiger partial charge is 0.314 e. The van der Waals surface area contributed by atoms with E-state index in [1.807, 2.05) is 0 Å². The fraction of sp³-hybridized carbons (Fsp3) is 0.429. The Morgan fingerprint density at radius 2 is 1.85 bits per heavy atom. The molecule has 1 atom stereocenters. The molecule has 2 rings (SSSR count). The van der Waals surface area contributed by atoms with E-state index in [9.17, 15) is 22.8 Å². The summed E-state index contributed by atoms with van der Waals surface area (Å²) in [5, 5.41) is 0. The highest BCUT2D eigenvalue weighted by Crippen LogP contribution is 2.41. The molecule has 0 spiro atoms. The number of hydrogen-bond donors (Lipinski definition) is 0. The molecule has 0 fully saturated rings. The van der Waals surface area contributed by atoms with Crippen molar-refractivity contribution in [3.63, 3.8) is 0 Å². The Labute approximate surface area is 114 Å². The van der Waals surface area contributed by atoms with E-state index in [0.717, 1.165) is 23.1 Å². The molecule has 1 amide bonds. The van der Waals surface area contributed by atoms with E-state index in [-0.39, 0.29) is 11.3 Å². The van der Waals surface area contributed by atoms with Gasteiger partial charge < -0.3 is 4.90 Å². The van der Waals surface area contributed by atoms with Gasteiger partial charge in [-0.1, -0.05) is 6.92 Å². The number of benzene rings is 1. The van der Waals surface area contributed by atoms with Crippen molar-refractivity contribution in [3.05, 3.63) is 29.3 Å². The Hall–Kier alpha value is -1.85. The highest BCUT2D eigenvalue weighted by molar-refractivity contribution is 6.24. The number of amides is 1. The third-order valence-electron chi connectivity index (χ3n) is 3.92. The van der Waals surface area contributed by atoms with E-state index in [4.69, 9.17) is 0 Å². The number of nitrogens with zero attached hydrogens (tertiary/aromatic N) is 1. The molecule has 0 aliphatic carbocycles. The van der Waals surface area contributed by atoms with Gasteiger partial charge in [0, 0.05) is 12.6 Å². The largest absolute Gasteiger partial charge is 0.416 e. The summed E-state index contributed by atoms with van der Waals surface area (Å²) in [7, 11) is 1.39. The van der Waals surface area contributed by atoms with Crippen molar-refractivity contribution in [2.45, 2.75) is 26.4 Å². The molecule has 0 aromatic heterocycles. The standard InChI is InChI=1S/C14H14F3NO2/c1-4-13(2)11(19)9-6-5-8(14(15,16)17)7-10(9)18(3)12(13)20/h5-7H,4H2,1-3H3. The molecule has 0 saturated carbocycles. The van der Waals surface area contributed by atoms with Gasteiger partial charge in [0.2, 0.25) is 5.91 Å². The predicted molar refractivity (Wildman–Crippen MR) is 67.6 cm³/mol. The maximum Gasteiger partial charge on any atom is 0.416 e. The summed E-state index contributed by atoms with van der Waals surface area (Å²) < 4.78 is 38.1. The first kappa shape index (κ1) is 14.6. The van der Waals surface area contributed by atoms with E-state index in [1.165, 1.54) is 14.0 Å². The minimum absolute atomic E-state index is 0.0146. The Morgan fingerprint density at radius 3 is 2.35 bits per heavy atom. The molecule has 6 heteroatoms. The normalized spacial score (nSPS) is 23.0. The minimum Gasteiger partial charge on any atom is -0.314 e. The van der Waals surface area contributed by atoms with Crippen LogP contribution in [-0.2, 0) is 11.0 Å². The van der Waals surface area contributed by atoms with Gasteiger partial charge in [-0.2, -0.15) is 13.2 Å². The van der Waals surface area contributed by atoms with Crippen LogP contribution in [0.25, 0.3) is 0 Å². The lowest BCUT2D eigenvalue weighted by Gasteiger charge is -2.37. The molecular formula is C14H14F3NO2. The van der Waals surface area contributed by atoms with Crippen molar-refractivity contribution in [2.75, 3.05) is 11.9 Å². The van der Waals surface area contributed by atoms with E-state index < -0.39 is 28.8 Å². The summed E-state index contributed by atoms with van der Waals surface area (Å²) in [4.78, 5) is 25.7. The van der Waals surface area contributed by atoms with Crippen LogP contribution in [0.1, 0.15) is 36.2 Å². The lowest BCUT2D eigenvalue weighted by molar-refractivity contribution is -0.137. The van der Waals surface area contributed by atoms with E-state index in [1.54, 1.807) is 6.92 Å². The summed E-state index contributed by atoms with van der Waals surface area (Å²) in [6.07, 6.45) is -4.21. The molecule has 0 bridgehead atoms. The Morgan fingerprint density at radius 1 is 1.25 bits per heavy atom. The van der Waals surface area contributed by atoms with Crippen LogP contribution in [-0.4, -0.2) is 18.7 Å². The fourth-order valence-electron chi connectivity index (χ4n) is 2.36. The molecule has 108 valence electrons. The summed E-state index contributed by atoms with van der Waals surface area (Å²) >= 11 is 0. The van der Waals surface area contributed by atoms with Gasteiger partial charge in [0.15, 0.2) is 5.78 Å². The van der Waals surface area contributed by atoms with Crippen LogP contribution in [0.5, 0.6) is 0 Å². The zero-order valence-corrected chi connectivity index (χ0v) is 11.3. The highest BCUT2D eigenvalue weighted by Gasteiger charge is 2.47. The fourth-order valence-corrected chi connectivity index (χ4v) is 2.36. The number of rotatable bonds is 1. The van der Waals surface area contributed by atoms with Crippen LogP contribution >= 0.6 is 0 Å². The second-order valence-electron chi connectivity index (χ2n) is 5.11. The zero-order valence-electron chi connectivity index (χ0n) is 11.3. The summed E-state index contributed by atoms with van der Waals surface area (Å²) in [5.41, 5.74) is -1.91. The van der Waals surface area contributed by atoms with Crippen LogP contribution < -0.4 is 4.90 Å². The maximum absolute atomic E-state index is 12.7. The summed E-state index contributed by atoms with van der Waals surface area (Å²) in [6.45, 7) is 3.23. The monoisotopic (exact) mass is 285 g/mol. The number of carbonyl (C=O) groups excluding carboxylic acids is 2. The van der Waals surface area contributed by atoms with E-state index in [2.05, 4.69) is 0 Å². The molecule has 1 heterocycles. The molecule has 1 aliphatic heterocycles. The Balaban J connectivity index is 2.64. The molecular weight excluding hydrogens is 271 g/mol. The van der Waals surface area contributed by atoms with Crippen molar-refractivity contribution >= 4 is 17.4 Å². The molecule has 0 saturated heterocycles. The van der Waals surface area contributed by atoms with Crippen LogP contribution in [0.15, 0.2) is 18.2 Å². The first-order chi connectivity index (χ1) is 9.13. The maximum atomic E-state index is 12.7. The lowest BCUT2D eigenvalue weighted by Crippen LogP contribution is -2.49. The van der Waals surface area contributed by atoms with Crippen LogP contribution in [0.2, 0.25) is 0 Å². The van der Waals surface area contributed by atoms with Gasteiger partial charge in [-0.3, -0.25) is 9.59 Å². The molecule has 0 radical (unpaired) electrons. The van der Waals surface area contributed by atoms with Gasteiger partial charge >= 0.3 is 6.18 Å². The van der Waals surface area contributed by atoms with Gasteiger partial charge in [0.25, 0.3) is 0 Å². The SMILES string of the molecule is CCC1(C)C(=O)c2ccc(C(F)(F)F)cc2N(C)C1=O. The Bertz CT molecular complexity index is 595. The van der Waals surface area contributed by atoms with Crippen LogP contribution in [0.4, 0.5) is 18.9 Å². The van der Waals surface area contributed by atoms with Crippen LogP contribution in [0, 0.1) is 5.41 Å². The number of halogens is 3. The number of anilines is 1. The molecule has 20 heavy (non-hydrogen) atoms. The molecule has 1 unspecified atom stereocenters. The van der Waals surface area contributed by atoms with Gasteiger partial charge in [-0.05, 0) is 31.5 Å². The predicted octanol–water partition coefficient (Wildman–Crippen LogP) is 3.28. The van der Waals surface area contributed by atoms with Crippen molar-refractivity contribution in [2.24, 2.45) is 5.41 Å². The molecule has 0 N–H and O–H groups in total. The third kappa shape index (κ3) is 1.90. The van der Waals surface area contributed by atoms with E-state index in [0.29, 0.717) is 6.42 Å². The molecule has 3 nitrogen and oxygen atoms in total. The molecule has 1 aliphatic rings. The molecule has 1 aromatic rings. The average Bonchev–Trinajstić information content (AvgIpc) is 2.41. The third-order valence-corrected chi connectivity index (χ3v) is 3.92. The van der Waals surface area contributed by atoms with Gasteiger partial charge in [0.1, 0.15) is 5.41 Å². The topological polar surface area (TPSA) is 37.4 Å². The number of carbonyl (C=O) groups is 2. The Kier molecular flexibility index (Phi) is 3.15. The lowest BCUT2D eigenvalue weighted by atomic mass is 9.75. The number of Topliss-reactive ketones (excluding diaryl/α,β-unsaturated/α-hetero) is 1. The second-order valence-corrected chi connectivity index (χ2v) is 5.11. The van der Waals surface area contributed by atoms with Gasteiger partial charge in [-0.25, -0.2) is 0 Å². The number of fused-ring (bicyclic) bond motifs is 1. The quantitative estimate of drug-likeness (QED) is 0.743. The van der Waals surface area contributed by atoms with Crippen molar-refractivity contribution < 1.29 is 22.8 Å². The van der Waals surface area contributed by atoms with Crippen molar-refractivity contribution in [3.8, 4) is 0 Å². The van der Waals surface area contributed by atoms with Crippen molar-refractivity contribution in [1.29, 1.82) is 0 Å². The van der Waals surface area contributed by atoms with Gasteiger partial charge in [0.05, 0.1) is 11.3 Å². The summed E-state index contributed by atoms with van der Waals surface area (Å²) in [6, 6.07) is 2.87. The second kappa shape index (κ2) is 4.33. The number of hydrogen-bond acceptors (Lipinski definition) is 2. The number of ketones is 1. The van der Waals surface area contributed by atoms with E-state index >= 15 is 0 Å². The number of alkyl halides is 3. The molecule has 1 aromatic carbocycles. The first-order valence-corrected chi connectivity index (χ1v) is 6.17.